The molecule has 0 amide bonds. The van der Waals surface area contributed by atoms with Gasteiger partial charge in [-0.15, -0.1) is 0 Å². The van der Waals surface area contributed by atoms with Crippen LogP contribution in [0.3, 0.4) is 0 Å². The Morgan fingerprint density at radius 1 is 0.367 bits per heavy atom. The van der Waals surface area contributed by atoms with Crippen LogP contribution in [0.1, 0.15) is 25.0 Å². The van der Waals surface area contributed by atoms with E-state index < -0.39 is 0 Å². The highest BCUT2D eigenvalue weighted by atomic mass is 14.7. The molecule has 8 aromatic carbocycles. The third-order valence-corrected chi connectivity index (χ3v) is 10.8. The summed E-state index contributed by atoms with van der Waals surface area (Å²) in [7, 11) is 0. The number of hydrogen-bond donors (Lipinski definition) is 0. The number of hydrogen-bond acceptors (Lipinski definition) is 1. The number of aromatic nitrogens is 1. The summed E-state index contributed by atoms with van der Waals surface area (Å²) in [4.78, 5) is 5.40. The summed E-state index contributed by atoms with van der Waals surface area (Å²) in [5, 5.41) is 10.2. The summed E-state index contributed by atoms with van der Waals surface area (Å²) in [5.74, 6) is 0. The Morgan fingerprint density at radius 3 is 1.53 bits per heavy atom. The fourth-order valence-corrected chi connectivity index (χ4v) is 8.34. The minimum Gasteiger partial charge on any atom is -0.247 e. The van der Waals surface area contributed by atoms with Crippen molar-refractivity contribution in [3.63, 3.8) is 0 Å². The van der Waals surface area contributed by atoms with Crippen LogP contribution in [-0.4, -0.2) is 4.98 Å². The molecule has 0 radical (unpaired) electrons. The monoisotopic (exact) mass is 623 g/mol. The molecule has 0 aliphatic heterocycles. The molecule has 9 aromatic rings. The summed E-state index contributed by atoms with van der Waals surface area (Å²) in [6.45, 7) is 4.68. The lowest BCUT2D eigenvalue weighted by Gasteiger charge is -2.22. The van der Waals surface area contributed by atoms with Crippen LogP contribution >= 0.6 is 0 Å². The summed E-state index contributed by atoms with van der Waals surface area (Å²) >= 11 is 0. The van der Waals surface area contributed by atoms with Crippen LogP contribution in [0.4, 0.5) is 0 Å². The fourth-order valence-electron chi connectivity index (χ4n) is 8.34. The Bertz CT molecular complexity index is 2800. The topological polar surface area (TPSA) is 12.9 Å². The Balaban J connectivity index is 1.09. The van der Waals surface area contributed by atoms with Crippen LogP contribution in [-0.2, 0) is 5.41 Å². The SMILES string of the molecule is CC1(C)c2cc(-c3cc4ccccc4c4ccccc34)ccc2-c2nc(-c3cccc(-c4cc5ccccc5c5ccccc45)c3)ccc21. The molecular weight excluding hydrogens is 591 g/mol. The molecule has 230 valence electrons. The Hall–Kier alpha value is -6.05. The Labute approximate surface area is 286 Å². The van der Waals surface area contributed by atoms with E-state index in [0.717, 1.165) is 17.0 Å². The van der Waals surface area contributed by atoms with Crippen molar-refractivity contribution in [2.45, 2.75) is 19.3 Å². The van der Waals surface area contributed by atoms with Gasteiger partial charge in [-0.1, -0.05) is 147 Å². The van der Waals surface area contributed by atoms with E-state index in [-0.39, 0.29) is 5.41 Å². The third kappa shape index (κ3) is 4.22. The van der Waals surface area contributed by atoms with E-state index >= 15 is 0 Å². The van der Waals surface area contributed by atoms with Crippen LogP contribution in [0, 0.1) is 0 Å². The molecule has 0 saturated heterocycles. The zero-order chi connectivity index (χ0) is 32.7. The van der Waals surface area contributed by atoms with Gasteiger partial charge in [0.15, 0.2) is 0 Å². The molecule has 0 bridgehead atoms. The van der Waals surface area contributed by atoms with Crippen molar-refractivity contribution < 1.29 is 0 Å². The second-order valence-electron chi connectivity index (χ2n) is 13.9. The molecule has 1 aliphatic carbocycles. The first kappa shape index (κ1) is 28.0. The van der Waals surface area contributed by atoms with Crippen LogP contribution in [0.2, 0.25) is 0 Å². The second-order valence-corrected chi connectivity index (χ2v) is 13.9. The van der Waals surface area contributed by atoms with E-state index in [9.17, 15) is 0 Å². The summed E-state index contributed by atoms with van der Waals surface area (Å²) in [6.07, 6.45) is 0. The molecule has 0 atom stereocenters. The highest BCUT2D eigenvalue weighted by Crippen LogP contribution is 2.50. The number of fused-ring (bicyclic) bond motifs is 9. The molecule has 1 aliphatic rings. The molecule has 0 N–H and O–H groups in total. The van der Waals surface area contributed by atoms with Gasteiger partial charge in [0.25, 0.3) is 0 Å². The van der Waals surface area contributed by atoms with E-state index in [0.29, 0.717) is 0 Å². The van der Waals surface area contributed by atoms with Crippen LogP contribution in [0.25, 0.3) is 87.9 Å². The maximum absolute atomic E-state index is 5.40. The molecular formula is C48H33N. The average molecular weight is 624 g/mol. The summed E-state index contributed by atoms with van der Waals surface area (Å²) < 4.78 is 0. The van der Waals surface area contributed by atoms with Gasteiger partial charge in [-0.05, 0) is 107 Å². The Kier molecular flexibility index (Phi) is 5.99. The molecule has 1 nitrogen and oxygen atoms in total. The van der Waals surface area contributed by atoms with Crippen LogP contribution in [0.5, 0.6) is 0 Å². The molecule has 1 aromatic heterocycles. The highest BCUT2D eigenvalue weighted by Gasteiger charge is 2.37. The van der Waals surface area contributed by atoms with Gasteiger partial charge in [-0.25, -0.2) is 4.98 Å². The molecule has 1 heterocycles. The second kappa shape index (κ2) is 10.5. The number of nitrogens with zero attached hydrogens (tertiary/aromatic N) is 1. The van der Waals surface area contributed by atoms with Crippen molar-refractivity contribution in [3.8, 4) is 44.8 Å². The van der Waals surface area contributed by atoms with Gasteiger partial charge in [0, 0.05) is 16.5 Å². The standard InChI is InChI=1S/C48H33N/c1-48(2)44-24-25-46(34-15-11-14-30(26-34)42-27-31-12-3-5-16-35(31)37-18-7-9-20-39(37)42)49-47(44)41-23-22-33(29-45(41)48)43-28-32-13-4-6-17-36(32)38-19-8-10-21-40(38)43/h3-29H,1-2H3. The predicted molar refractivity (Wildman–Crippen MR) is 208 cm³/mol. The van der Waals surface area contributed by atoms with Gasteiger partial charge in [-0.2, -0.15) is 0 Å². The highest BCUT2D eigenvalue weighted by molar-refractivity contribution is 6.15. The average Bonchev–Trinajstić information content (AvgIpc) is 3.39. The van der Waals surface area contributed by atoms with Gasteiger partial charge < -0.3 is 0 Å². The molecule has 0 fully saturated rings. The van der Waals surface area contributed by atoms with E-state index in [1.54, 1.807) is 0 Å². The molecule has 10 rings (SSSR count). The lowest BCUT2D eigenvalue weighted by molar-refractivity contribution is 0.659. The van der Waals surface area contributed by atoms with Crippen LogP contribution < -0.4 is 0 Å². The van der Waals surface area contributed by atoms with Gasteiger partial charge in [0.1, 0.15) is 0 Å². The van der Waals surface area contributed by atoms with E-state index in [1.807, 2.05) is 0 Å². The van der Waals surface area contributed by atoms with Crippen molar-refractivity contribution in [1.82, 2.24) is 4.98 Å². The van der Waals surface area contributed by atoms with E-state index in [1.165, 1.54) is 82.0 Å². The summed E-state index contributed by atoms with van der Waals surface area (Å²) in [5.41, 5.74) is 11.9. The normalized spacial score (nSPS) is 13.3. The van der Waals surface area contributed by atoms with Gasteiger partial charge >= 0.3 is 0 Å². The molecule has 1 heteroatoms. The van der Waals surface area contributed by atoms with Crippen molar-refractivity contribution >= 4 is 43.1 Å². The van der Waals surface area contributed by atoms with Crippen molar-refractivity contribution in [1.29, 1.82) is 0 Å². The summed E-state index contributed by atoms with van der Waals surface area (Å²) in [6, 6.07) is 60.1. The lowest BCUT2D eigenvalue weighted by atomic mass is 9.81. The largest absolute Gasteiger partial charge is 0.247 e. The lowest BCUT2D eigenvalue weighted by Crippen LogP contribution is -2.15. The molecule has 0 spiro atoms. The van der Waals surface area contributed by atoms with E-state index in [2.05, 4.69) is 178 Å². The van der Waals surface area contributed by atoms with E-state index in [4.69, 9.17) is 4.98 Å². The van der Waals surface area contributed by atoms with Crippen molar-refractivity contribution in [2.24, 2.45) is 0 Å². The van der Waals surface area contributed by atoms with Crippen molar-refractivity contribution in [2.75, 3.05) is 0 Å². The predicted octanol–water partition coefficient (Wildman–Crippen LogP) is 13.0. The number of rotatable bonds is 3. The maximum Gasteiger partial charge on any atom is 0.0753 e. The number of benzene rings is 8. The zero-order valence-corrected chi connectivity index (χ0v) is 27.5. The minimum absolute atomic E-state index is 0.162. The van der Waals surface area contributed by atoms with Gasteiger partial charge in [0.2, 0.25) is 0 Å². The van der Waals surface area contributed by atoms with Gasteiger partial charge in [-0.3, -0.25) is 0 Å². The fraction of sp³-hybridized carbons (Fsp3) is 0.0625. The van der Waals surface area contributed by atoms with Gasteiger partial charge in [0.05, 0.1) is 11.4 Å². The molecule has 0 saturated carbocycles. The molecule has 49 heavy (non-hydrogen) atoms. The smallest absolute Gasteiger partial charge is 0.0753 e. The first-order valence-corrected chi connectivity index (χ1v) is 17.1. The minimum atomic E-state index is -0.162. The van der Waals surface area contributed by atoms with Crippen LogP contribution in [0.15, 0.2) is 164 Å². The quantitative estimate of drug-likeness (QED) is 0.178. The third-order valence-electron chi connectivity index (χ3n) is 10.8. The Morgan fingerprint density at radius 2 is 0.898 bits per heavy atom. The zero-order valence-electron chi connectivity index (χ0n) is 27.5. The molecule has 0 unspecified atom stereocenters. The first-order chi connectivity index (χ1) is 24.0. The first-order valence-electron chi connectivity index (χ1n) is 17.1. The number of pyridine rings is 1. The van der Waals surface area contributed by atoms with Crippen molar-refractivity contribution in [3.05, 3.63) is 175 Å². The maximum atomic E-state index is 5.40.